The predicted molar refractivity (Wildman–Crippen MR) is 111 cm³/mol. The SMILES string of the molecule is CN1CCC2(CC1)Oc1ccc(Cl)cc1C1CC(c3ccc(Br)cc3)=NN12. The second kappa shape index (κ2) is 6.50. The van der Waals surface area contributed by atoms with E-state index >= 15 is 0 Å². The third-order valence-electron chi connectivity index (χ3n) is 5.90. The Morgan fingerprint density at radius 1 is 1.15 bits per heavy atom. The molecule has 2 aromatic carbocycles. The van der Waals surface area contributed by atoms with Crippen molar-refractivity contribution < 1.29 is 4.74 Å². The Morgan fingerprint density at radius 2 is 1.89 bits per heavy atom. The highest BCUT2D eigenvalue weighted by Gasteiger charge is 2.51. The third-order valence-corrected chi connectivity index (χ3v) is 6.67. The lowest BCUT2D eigenvalue weighted by Gasteiger charge is -2.50. The van der Waals surface area contributed by atoms with Gasteiger partial charge in [-0.05, 0) is 42.9 Å². The van der Waals surface area contributed by atoms with Gasteiger partial charge in [-0.25, -0.2) is 5.01 Å². The molecule has 140 valence electrons. The first-order valence-electron chi connectivity index (χ1n) is 9.34. The van der Waals surface area contributed by atoms with Crippen LogP contribution in [0.1, 0.15) is 36.4 Å². The van der Waals surface area contributed by atoms with Gasteiger partial charge in [-0.3, -0.25) is 0 Å². The molecule has 0 radical (unpaired) electrons. The van der Waals surface area contributed by atoms with Crippen LogP contribution in [0.15, 0.2) is 52.0 Å². The van der Waals surface area contributed by atoms with Gasteiger partial charge in [0.1, 0.15) is 5.75 Å². The number of nitrogens with zero attached hydrogens (tertiary/aromatic N) is 3. The van der Waals surface area contributed by atoms with E-state index in [-0.39, 0.29) is 11.8 Å². The Labute approximate surface area is 172 Å². The van der Waals surface area contributed by atoms with Crippen molar-refractivity contribution in [3.63, 3.8) is 0 Å². The van der Waals surface area contributed by atoms with Crippen molar-refractivity contribution in [3.05, 3.63) is 63.1 Å². The maximum atomic E-state index is 6.61. The number of halogens is 2. The van der Waals surface area contributed by atoms with Crippen molar-refractivity contribution in [2.75, 3.05) is 20.1 Å². The van der Waals surface area contributed by atoms with Gasteiger partial charge in [0.15, 0.2) is 0 Å². The zero-order valence-electron chi connectivity index (χ0n) is 15.2. The Hall–Kier alpha value is -1.56. The molecule has 0 N–H and O–H groups in total. The molecule has 1 spiro atoms. The van der Waals surface area contributed by atoms with Gasteiger partial charge in [-0.15, -0.1) is 0 Å². The van der Waals surface area contributed by atoms with Gasteiger partial charge < -0.3 is 9.64 Å². The molecule has 1 saturated heterocycles. The van der Waals surface area contributed by atoms with Crippen LogP contribution in [-0.2, 0) is 0 Å². The summed E-state index contributed by atoms with van der Waals surface area (Å²) in [5.74, 6) is 0.956. The van der Waals surface area contributed by atoms with Gasteiger partial charge in [-0.2, -0.15) is 5.10 Å². The van der Waals surface area contributed by atoms with Gasteiger partial charge in [0, 0.05) is 47.4 Å². The minimum absolute atomic E-state index is 0.175. The fourth-order valence-electron chi connectivity index (χ4n) is 4.37. The lowest BCUT2D eigenvalue weighted by molar-refractivity contribution is -0.147. The average molecular weight is 447 g/mol. The maximum absolute atomic E-state index is 6.61. The van der Waals surface area contributed by atoms with E-state index in [1.54, 1.807) is 0 Å². The number of hydrazone groups is 1. The van der Waals surface area contributed by atoms with E-state index in [2.05, 4.69) is 57.2 Å². The Morgan fingerprint density at radius 3 is 2.63 bits per heavy atom. The largest absolute Gasteiger partial charge is 0.466 e. The zero-order chi connectivity index (χ0) is 18.6. The fourth-order valence-corrected chi connectivity index (χ4v) is 4.81. The van der Waals surface area contributed by atoms with E-state index in [9.17, 15) is 0 Å². The molecule has 2 aromatic rings. The van der Waals surface area contributed by atoms with Crippen LogP contribution in [0, 0.1) is 0 Å². The number of ether oxygens (including phenoxy) is 1. The summed E-state index contributed by atoms with van der Waals surface area (Å²) in [6, 6.07) is 14.6. The first-order chi connectivity index (χ1) is 13.0. The predicted octanol–water partition coefficient (Wildman–Crippen LogP) is 5.07. The summed E-state index contributed by atoms with van der Waals surface area (Å²) in [6.45, 7) is 2.02. The van der Waals surface area contributed by atoms with Crippen molar-refractivity contribution in [1.82, 2.24) is 9.91 Å². The van der Waals surface area contributed by atoms with Crippen LogP contribution in [0.3, 0.4) is 0 Å². The lowest BCUT2D eigenvalue weighted by atomic mass is 9.91. The van der Waals surface area contributed by atoms with Crippen LogP contribution >= 0.6 is 27.5 Å². The minimum atomic E-state index is -0.366. The molecule has 27 heavy (non-hydrogen) atoms. The highest BCUT2D eigenvalue weighted by molar-refractivity contribution is 9.10. The standard InChI is InChI=1S/C21H21BrClN3O/c1-25-10-8-21(9-11-25)26-19(17-12-16(23)6-7-20(17)27-21)13-18(24-26)14-2-4-15(22)5-3-14/h2-7,12,19H,8-11,13H2,1H3. The topological polar surface area (TPSA) is 28.1 Å². The van der Waals surface area contributed by atoms with E-state index < -0.39 is 0 Å². The first-order valence-corrected chi connectivity index (χ1v) is 10.5. The van der Waals surface area contributed by atoms with Gasteiger partial charge in [0.25, 0.3) is 0 Å². The molecule has 0 aliphatic carbocycles. The highest BCUT2D eigenvalue weighted by atomic mass is 79.9. The van der Waals surface area contributed by atoms with Crippen molar-refractivity contribution in [3.8, 4) is 5.75 Å². The zero-order valence-corrected chi connectivity index (χ0v) is 17.5. The molecule has 5 rings (SSSR count). The Balaban J connectivity index is 1.58. The number of likely N-dealkylation sites (tertiary alicyclic amines) is 1. The molecule has 4 nitrogen and oxygen atoms in total. The molecule has 1 atom stereocenters. The van der Waals surface area contributed by atoms with Crippen molar-refractivity contribution in [1.29, 1.82) is 0 Å². The molecular formula is C21H21BrClN3O. The van der Waals surface area contributed by atoms with Crippen LogP contribution < -0.4 is 4.74 Å². The smallest absolute Gasteiger partial charge is 0.200 e. The molecule has 6 heteroatoms. The lowest BCUT2D eigenvalue weighted by Crippen LogP contribution is -2.58. The number of hydrogen-bond donors (Lipinski definition) is 0. The average Bonchev–Trinajstić information content (AvgIpc) is 3.12. The molecule has 3 aliphatic rings. The fraction of sp³-hybridized carbons (Fsp3) is 0.381. The molecule has 1 fully saturated rings. The van der Waals surface area contributed by atoms with Gasteiger partial charge in [-0.1, -0.05) is 39.7 Å². The van der Waals surface area contributed by atoms with Crippen molar-refractivity contribution in [2.45, 2.75) is 31.0 Å². The molecular weight excluding hydrogens is 426 g/mol. The van der Waals surface area contributed by atoms with Gasteiger partial charge in [0.05, 0.1) is 11.8 Å². The Bertz CT molecular complexity index is 906. The minimum Gasteiger partial charge on any atom is -0.466 e. The quantitative estimate of drug-likeness (QED) is 0.612. The van der Waals surface area contributed by atoms with Crippen LogP contribution in [0.2, 0.25) is 5.02 Å². The van der Waals surface area contributed by atoms with Crippen molar-refractivity contribution >= 4 is 33.2 Å². The maximum Gasteiger partial charge on any atom is 0.200 e. The number of benzene rings is 2. The van der Waals surface area contributed by atoms with Gasteiger partial charge >= 0.3 is 0 Å². The van der Waals surface area contributed by atoms with E-state index in [1.165, 1.54) is 5.56 Å². The summed E-state index contributed by atoms with van der Waals surface area (Å²) < 4.78 is 7.69. The summed E-state index contributed by atoms with van der Waals surface area (Å²) in [5.41, 5.74) is 3.05. The van der Waals surface area contributed by atoms with Crippen molar-refractivity contribution in [2.24, 2.45) is 5.10 Å². The normalized spacial score (nSPS) is 23.6. The van der Waals surface area contributed by atoms with Crippen LogP contribution in [0.25, 0.3) is 0 Å². The van der Waals surface area contributed by atoms with Crippen LogP contribution in [-0.4, -0.2) is 41.5 Å². The van der Waals surface area contributed by atoms with Gasteiger partial charge in [0.2, 0.25) is 5.72 Å². The molecule has 0 amide bonds. The van der Waals surface area contributed by atoms with E-state index in [4.69, 9.17) is 21.4 Å². The number of fused-ring (bicyclic) bond motifs is 4. The van der Waals surface area contributed by atoms with Crippen LogP contribution in [0.4, 0.5) is 0 Å². The third kappa shape index (κ3) is 2.96. The molecule has 1 unspecified atom stereocenters. The first kappa shape index (κ1) is 17.5. The second-order valence-electron chi connectivity index (χ2n) is 7.65. The van der Waals surface area contributed by atoms with E-state index in [1.807, 2.05) is 18.2 Å². The monoisotopic (exact) mass is 445 g/mol. The molecule has 3 heterocycles. The summed E-state index contributed by atoms with van der Waals surface area (Å²) in [4.78, 5) is 2.36. The van der Waals surface area contributed by atoms with E-state index in [0.717, 1.165) is 58.9 Å². The van der Waals surface area contributed by atoms with Crippen LogP contribution in [0.5, 0.6) is 5.75 Å². The summed E-state index contributed by atoms with van der Waals surface area (Å²) >= 11 is 9.83. The molecule has 3 aliphatic heterocycles. The number of rotatable bonds is 1. The Kier molecular flexibility index (Phi) is 4.22. The second-order valence-corrected chi connectivity index (χ2v) is 9.00. The summed E-state index contributed by atoms with van der Waals surface area (Å²) in [7, 11) is 2.17. The summed E-state index contributed by atoms with van der Waals surface area (Å²) in [6.07, 6.45) is 2.76. The molecule has 0 bridgehead atoms. The molecule has 0 aromatic heterocycles. The summed E-state index contributed by atoms with van der Waals surface area (Å²) in [5, 5.41) is 8.06. The van der Waals surface area contributed by atoms with E-state index in [0.29, 0.717) is 0 Å². The number of piperidine rings is 1. The number of hydrogen-bond acceptors (Lipinski definition) is 4. The molecule has 0 saturated carbocycles. The highest BCUT2D eigenvalue weighted by Crippen LogP contribution is 2.50.